The summed E-state index contributed by atoms with van der Waals surface area (Å²) >= 11 is 0. The van der Waals surface area contributed by atoms with Crippen molar-refractivity contribution in [3.05, 3.63) is 48.0 Å². The van der Waals surface area contributed by atoms with Crippen LogP contribution >= 0.6 is 0 Å². The maximum absolute atomic E-state index is 10.8. The Balaban J connectivity index is 2.02. The molecule has 2 nitrogen and oxygen atoms in total. The smallest absolute Gasteiger partial charge is 0.0909 e. The fourth-order valence-electron chi connectivity index (χ4n) is 2.82. The largest absolute Gasteiger partial charge is 0.385 e. The Morgan fingerprint density at radius 3 is 2.67 bits per heavy atom. The summed E-state index contributed by atoms with van der Waals surface area (Å²) in [5.41, 5.74) is 0.401. The highest BCUT2D eigenvalue weighted by Gasteiger charge is 2.29. The van der Waals surface area contributed by atoms with Crippen LogP contribution in [-0.2, 0) is 5.60 Å². The molecule has 2 N–H and O–H groups in total. The molecule has 18 heavy (non-hydrogen) atoms. The zero-order chi connectivity index (χ0) is 12.4. The van der Waals surface area contributed by atoms with Gasteiger partial charge in [-0.1, -0.05) is 36.4 Å². The molecule has 0 amide bonds. The maximum atomic E-state index is 10.8. The fourth-order valence-corrected chi connectivity index (χ4v) is 2.82. The summed E-state index contributed by atoms with van der Waals surface area (Å²) in [6, 6.07) is 14.6. The van der Waals surface area contributed by atoms with E-state index < -0.39 is 5.60 Å². The van der Waals surface area contributed by atoms with Crippen LogP contribution in [0, 0.1) is 0 Å². The highest BCUT2D eigenvalue weighted by molar-refractivity contribution is 5.83. The number of nitrogens with one attached hydrogen (secondary N) is 1. The lowest BCUT2D eigenvalue weighted by atomic mass is 9.86. The summed E-state index contributed by atoms with van der Waals surface area (Å²) < 4.78 is 0. The van der Waals surface area contributed by atoms with Crippen LogP contribution in [0.25, 0.3) is 10.8 Å². The molecule has 2 aromatic carbocycles. The predicted octanol–water partition coefficient (Wildman–Crippen LogP) is 2.80. The number of benzene rings is 2. The van der Waals surface area contributed by atoms with Crippen LogP contribution in [0.3, 0.4) is 0 Å². The molecule has 0 spiro atoms. The van der Waals surface area contributed by atoms with Gasteiger partial charge in [-0.05, 0) is 54.8 Å². The molecule has 1 saturated heterocycles. The standard InChI is InChI=1S/C16H19NO/c18-16(8-3-10-17-11-9-16)15-7-6-13-4-1-2-5-14(13)12-15/h1-2,4-7,12,17-18H,3,8-11H2. The molecule has 0 radical (unpaired) electrons. The van der Waals surface area contributed by atoms with E-state index in [4.69, 9.17) is 0 Å². The van der Waals surface area contributed by atoms with Crippen molar-refractivity contribution in [3.63, 3.8) is 0 Å². The van der Waals surface area contributed by atoms with Crippen molar-refractivity contribution in [2.24, 2.45) is 0 Å². The molecule has 2 heteroatoms. The lowest BCUT2D eigenvalue weighted by Gasteiger charge is -2.27. The normalized spacial score (nSPS) is 24.9. The summed E-state index contributed by atoms with van der Waals surface area (Å²) in [6.45, 7) is 1.90. The summed E-state index contributed by atoms with van der Waals surface area (Å²) in [5, 5.41) is 16.6. The van der Waals surface area contributed by atoms with E-state index in [1.807, 2.05) is 12.1 Å². The summed E-state index contributed by atoms with van der Waals surface area (Å²) in [5.74, 6) is 0. The molecule has 1 aliphatic rings. The minimum atomic E-state index is -0.659. The molecule has 1 fully saturated rings. The van der Waals surface area contributed by atoms with Gasteiger partial charge in [0, 0.05) is 0 Å². The zero-order valence-electron chi connectivity index (χ0n) is 10.5. The van der Waals surface area contributed by atoms with Crippen molar-refractivity contribution < 1.29 is 5.11 Å². The maximum Gasteiger partial charge on any atom is 0.0909 e. The van der Waals surface area contributed by atoms with Gasteiger partial charge in [0.05, 0.1) is 5.60 Å². The lowest BCUT2D eigenvalue weighted by Crippen LogP contribution is -2.27. The van der Waals surface area contributed by atoms with Gasteiger partial charge in [0.25, 0.3) is 0 Å². The Morgan fingerprint density at radius 1 is 0.944 bits per heavy atom. The van der Waals surface area contributed by atoms with Crippen LogP contribution in [0.15, 0.2) is 42.5 Å². The molecule has 94 valence electrons. The van der Waals surface area contributed by atoms with Gasteiger partial charge in [-0.15, -0.1) is 0 Å². The molecule has 1 atom stereocenters. The molecule has 0 aliphatic carbocycles. The third-order valence-electron chi connectivity index (χ3n) is 3.95. The van der Waals surface area contributed by atoms with Crippen LogP contribution in [-0.4, -0.2) is 18.2 Å². The Kier molecular flexibility index (Phi) is 3.06. The van der Waals surface area contributed by atoms with Crippen LogP contribution in [0.4, 0.5) is 0 Å². The second-order valence-electron chi connectivity index (χ2n) is 5.20. The van der Waals surface area contributed by atoms with Gasteiger partial charge >= 0.3 is 0 Å². The monoisotopic (exact) mass is 241 g/mol. The molecule has 0 bridgehead atoms. The van der Waals surface area contributed by atoms with E-state index in [2.05, 4.69) is 35.6 Å². The van der Waals surface area contributed by atoms with E-state index in [0.717, 1.165) is 37.9 Å². The number of fused-ring (bicyclic) bond motifs is 1. The van der Waals surface area contributed by atoms with Crippen LogP contribution in [0.2, 0.25) is 0 Å². The molecule has 0 aromatic heterocycles. The predicted molar refractivity (Wildman–Crippen MR) is 74.6 cm³/mol. The van der Waals surface area contributed by atoms with E-state index in [1.165, 1.54) is 10.8 Å². The van der Waals surface area contributed by atoms with Crippen LogP contribution in [0.1, 0.15) is 24.8 Å². The minimum Gasteiger partial charge on any atom is -0.385 e. The third-order valence-corrected chi connectivity index (χ3v) is 3.95. The van der Waals surface area contributed by atoms with Crippen molar-refractivity contribution in [3.8, 4) is 0 Å². The quantitative estimate of drug-likeness (QED) is 0.804. The number of aliphatic hydroxyl groups is 1. The molecule has 1 unspecified atom stereocenters. The van der Waals surface area contributed by atoms with E-state index in [-0.39, 0.29) is 0 Å². The topological polar surface area (TPSA) is 32.3 Å². The van der Waals surface area contributed by atoms with Gasteiger partial charge in [-0.25, -0.2) is 0 Å². The Labute approximate surface area is 108 Å². The number of rotatable bonds is 1. The van der Waals surface area contributed by atoms with Gasteiger partial charge in [0.15, 0.2) is 0 Å². The Morgan fingerprint density at radius 2 is 1.78 bits per heavy atom. The average Bonchev–Trinajstić information content (AvgIpc) is 2.64. The van der Waals surface area contributed by atoms with Gasteiger partial charge in [0.1, 0.15) is 0 Å². The summed E-state index contributed by atoms with van der Waals surface area (Å²) in [7, 11) is 0. The highest BCUT2D eigenvalue weighted by Crippen LogP contribution is 2.32. The molecular weight excluding hydrogens is 222 g/mol. The summed E-state index contributed by atoms with van der Waals surface area (Å²) in [6.07, 6.45) is 2.67. The molecule has 2 aromatic rings. The first-order valence-corrected chi connectivity index (χ1v) is 6.70. The molecular formula is C16H19NO. The fraction of sp³-hybridized carbons (Fsp3) is 0.375. The Hall–Kier alpha value is -1.38. The van der Waals surface area contributed by atoms with Gasteiger partial charge in [-0.2, -0.15) is 0 Å². The van der Waals surface area contributed by atoms with Crippen molar-refractivity contribution in [2.75, 3.05) is 13.1 Å². The first kappa shape index (κ1) is 11.7. The third kappa shape index (κ3) is 2.14. The van der Waals surface area contributed by atoms with E-state index in [1.54, 1.807) is 0 Å². The number of hydrogen-bond donors (Lipinski definition) is 2. The zero-order valence-corrected chi connectivity index (χ0v) is 10.5. The minimum absolute atomic E-state index is 0.659. The van der Waals surface area contributed by atoms with Crippen LogP contribution < -0.4 is 5.32 Å². The van der Waals surface area contributed by atoms with E-state index in [0.29, 0.717) is 0 Å². The average molecular weight is 241 g/mol. The molecule has 3 rings (SSSR count). The van der Waals surface area contributed by atoms with E-state index >= 15 is 0 Å². The van der Waals surface area contributed by atoms with Crippen molar-refractivity contribution in [2.45, 2.75) is 24.9 Å². The van der Waals surface area contributed by atoms with Crippen LogP contribution in [0.5, 0.6) is 0 Å². The summed E-state index contributed by atoms with van der Waals surface area (Å²) in [4.78, 5) is 0. The first-order chi connectivity index (χ1) is 8.78. The van der Waals surface area contributed by atoms with Gasteiger partial charge in [0.2, 0.25) is 0 Å². The molecule has 0 saturated carbocycles. The molecule has 1 heterocycles. The second kappa shape index (κ2) is 4.71. The van der Waals surface area contributed by atoms with Crippen molar-refractivity contribution >= 4 is 10.8 Å². The number of hydrogen-bond acceptors (Lipinski definition) is 2. The van der Waals surface area contributed by atoms with Crippen molar-refractivity contribution in [1.29, 1.82) is 0 Å². The SMILES string of the molecule is OC1(c2ccc3ccccc3c2)CCCNCC1. The lowest BCUT2D eigenvalue weighted by molar-refractivity contribution is 0.0242. The second-order valence-corrected chi connectivity index (χ2v) is 5.20. The Bertz CT molecular complexity index is 542. The van der Waals surface area contributed by atoms with E-state index in [9.17, 15) is 5.11 Å². The van der Waals surface area contributed by atoms with Crippen molar-refractivity contribution in [1.82, 2.24) is 5.32 Å². The van der Waals surface area contributed by atoms with Gasteiger partial charge < -0.3 is 10.4 Å². The van der Waals surface area contributed by atoms with Gasteiger partial charge in [-0.3, -0.25) is 0 Å². The first-order valence-electron chi connectivity index (χ1n) is 6.70. The highest BCUT2D eigenvalue weighted by atomic mass is 16.3. The molecule has 1 aliphatic heterocycles.